The van der Waals surface area contributed by atoms with Gasteiger partial charge in [0.2, 0.25) is 0 Å². The maximum Gasteiger partial charge on any atom is 0.266 e. The van der Waals surface area contributed by atoms with Crippen LogP contribution in [0.25, 0.3) is 0 Å². The molecular weight excluding hydrogens is 504 g/mol. The molecular formula is C33H24N2O5. The summed E-state index contributed by atoms with van der Waals surface area (Å²) in [5.41, 5.74) is 6.04. The molecule has 0 radical (unpaired) electrons. The Kier molecular flexibility index (Phi) is 5.62. The summed E-state index contributed by atoms with van der Waals surface area (Å²) in [6.07, 6.45) is 0. The Balaban J connectivity index is 1.31. The molecule has 2 aliphatic rings. The Labute approximate surface area is 230 Å². The Bertz CT molecular complexity index is 1720. The van der Waals surface area contributed by atoms with Crippen molar-refractivity contribution >= 4 is 40.8 Å². The standard InChI is InChI=1S/C33H24N2O5/c1-17-5-9-23(13-19(17)3)34-30(37)25-11-7-21(15-27(25)32(34)39)29(36)22-8-12-26-28(16-22)33(40)35(31(26)38)24-10-6-18(2)20(4)14-24/h5-16H,1-4H3. The average Bonchev–Trinajstić information content (AvgIpc) is 3.34. The molecule has 7 nitrogen and oxygen atoms in total. The second-order valence-corrected chi connectivity index (χ2v) is 10.3. The molecule has 4 aromatic rings. The van der Waals surface area contributed by atoms with Gasteiger partial charge in [0.25, 0.3) is 23.6 Å². The monoisotopic (exact) mass is 528 g/mol. The van der Waals surface area contributed by atoms with Crippen molar-refractivity contribution in [2.45, 2.75) is 27.7 Å². The topological polar surface area (TPSA) is 91.8 Å². The first kappa shape index (κ1) is 25.1. The van der Waals surface area contributed by atoms with Gasteiger partial charge in [0.05, 0.1) is 33.6 Å². The van der Waals surface area contributed by atoms with Crippen LogP contribution in [0.4, 0.5) is 11.4 Å². The lowest BCUT2D eigenvalue weighted by Crippen LogP contribution is -2.29. The predicted octanol–water partition coefficient (Wildman–Crippen LogP) is 5.75. The molecule has 0 fully saturated rings. The van der Waals surface area contributed by atoms with Gasteiger partial charge in [-0.1, -0.05) is 24.3 Å². The largest absolute Gasteiger partial charge is 0.289 e. The fourth-order valence-corrected chi connectivity index (χ4v) is 5.13. The fraction of sp³-hybridized carbons (Fsp3) is 0.121. The lowest BCUT2D eigenvalue weighted by atomic mass is 9.96. The number of benzene rings is 4. The summed E-state index contributed by atoms with van der Waals surface area (Å²) in [7, 11) is 0. The van der Waals surface area contributed by atoms with Crippen molar-refractivity contribution in [2.24, 2.45) is 0 Å². The highest BCUT2D eigenvalue weighted by molar-refractivity contribution is 6.36. The van der Waals surface area contributed by atoms with Gasteiger partial charge in [-0.15, -0.1) is 0 Å². The molecule has 0 saturated heterocycles. The molecule has 2 heterocycles. The number of rotatable bonds is 4. The van der Waals surface area contributed by atoms with Gasteiger partial charge in [0.15, 0.2) is 5.78 Å². The summed E-state index contributed by atoms with van der Waals surface area (Å²) in [6.45, 7) is 7.71. The molecule has 40 heavy (non-hydrogen) atoms. The van der Waals surface area contributed by atoms with Crippen LogP contribution in [0.1, 0.15) is 79.6 Å². The highest BCUT2D eigenvalue weighted by atomic mass is 16.2. The number of hydrogen-bond acceptors (Lipinski definition) is 5. The summed E-state index contributed by atoms with van der Waals surface area (Å²) in [5.74, 6) is -2.33. The number of imide groups is 2. The van der Waals surface area contributed by atoms with Crippen LogP contribution >= 0.6 is 0 Å². The number of anilines is 2. The van der Waals surface area contributed by atoms with E-state index < -0.39 is 29.4 Å². The molecule has 7 heteroatoms. The summed E-state index contributed by atoms with van der Waals surface area (Å²) < 4.78 is 0. The lowest BCUT2D eigenvalue weighted by Gasteiger charge is -2.15. The van der Waals surface area contributed by atoms with Gasteiger partial charge < -0.3 is 0 Å². The van der Waals surface area contributed by atoms with E-state index in [2.05, 4.69) is 0 Å². The number of nitrogens with zero attached hydrogens (tertiary/aromatic N) is 2. The van der Waals surface area contributed by atoms with E-state index in [0.29, 0.717) is 11.4 Å². The minimum atomic E-state index is -0.503. The summed E-state index contributed by atoms with van der Waals surface area (Å²) in [6, 6.07) is 19.5. The minimum absolute atomic E-state index is 0.141. The molecule has 196 valence electrons. The number of aryl methyl sites for hydroxylation is 4. The molecule has 0 atom stereocenters. The molecule has 0 aliphatic carbocycles. The van der Waals surface area contributed by atoms with Crippen LogP contribution in [-0.2, 0) is 0 Å². The van der Waals surface area contributed by atoms with E-state index in [1.165, 1.54) is 36.4 Å². The van der Waals surface area contributed by atoms with Crippen LogP contribution in [0.3, 0.4) is 0 Å². The zero-order valence-electron chi connectivity index (χ0n) is 22.4. The van der Waals surface area contributed by atoms with Crippen LogP contribution in [0.2, 0.25) is 0 Å². The molecule has 0 bridgehead atoms. The first-order chi connectivity index (χ1) is 19.1. The van der Waals surface area contributed by atoms with E-state index >= 15 is 0 Å². The fourth-order valence-electron chi connectivity index (χ4n) is 5.13. The Morgan fingerprint density at radius 2 is 0.825 bits per heavy atom. The number of carbonyl (C=O) groups is 5. The third kappa shape index (κ3) is 3.70. The van der Waals surface area contributed by atoms with E-state index in [1.54, 1.807) is 24.3 Å². The Morgan fingerprint density at radius 3 is 1.20 bits per heavy atom. The van der Waals surface area contributed by atoms with Crippen molar-refractivity contribution in [2.75, 3.05) is 9.80 Å². The number of ketones is 1. The second-order valence-electron chi connectivity index (χ2n) is 10.3. The van der Waals surface area contributed by atoms with E-state index in [1.807, 2.05) is 39.8 Å². The van der Waals surface area contributed by atoms with Crippen LogP contribution in [0.15, 0.2) is 72.8 Å². The minimum Gasteiger partial charge on any atom is -0.289 e. The Morgan fingerprint density at radius 1 is 0.450 bits per heavy atom. The van der Waals surface area contributed by atoms with Gasteiger partial charge in [-0.2, -0.15) is 0 Å². The van der Waals surface area contributed by atoms with Crippen molar-refractivity contribution in [1.29, 1.82) is 0 Å². The maximum absolute atomic E-state index is 13.5. The van der Waals surface area contributed by atoms with Crippen LogP contribution < -0.4 is 9.80 Å². The van der Waals surface area contributed by atoms with Crippen molar-refractivity contribution in [3.05, 3.63) is 128 Å². The SMILES string of the molecule is Cc1ccc(N2C(=O)c3ccc(C(=O)c4ccc5c(c4)C(=O)N(c4ccc(C)c(C)c4)C5=O)cc3C2=O)cc1C. The van der Waals surface area contributed by atoms with Crippen LogP contribution in [0, 0.1) is 27.7 Å². The zero-order valence-corrected chi connectivity index (χ0v) is 22.4. The van der Waals surface area contributed by atoms with Crippen molar-refractivity contribution in [3.8, 4) is 0 Å². The second kappa shape index (κ2) is 8.95. The number of hydrogen-bond donors (Lipinski definition) is 0. The van der Waals surface area contributed by atoms with E-state index in [4.69, 9.17) is 0 Å². The van der Waals surface area contributed by atoms with Crippen molar-refractivity contribution in [1.82, 2.24) is 0 Å². The number of fused-ring (bicyclic) bond motifs is 2. The summed E-state index contributed by atoms with van der Waals surface area (Å²) in [5, 5.41) is 0. The quantitative estimate of drug-likeness (QED) is 0.248. The molecule has 2 aliphatic heterocycles. The van der Waals surface area contributed by atoms with Gasteiger partial charge in [0.1, 0.15) is 0 Å². The number of amides is 4. The van der Waals surface area contributed by atoms with E-state index in [9.17, 15) is 24.0 Å². The van der Waals surface area contributed by atoms with Crippen molar-refractivity contribution < 1.29 is 24.0 Å². The molecule has 4 amide bonds. The summed E-state index contributed by atoms with van der Waals surface area (Å²) >= 11 is 0. The third-order valence-electron chi connectivity index (χ3n) is 7.79. The van der Waals surface area contributed by atoms with Crippen LogP contribution in [-0.4, -0.2) is 29.4 Å². The molecule has 0 saturated carbocycles. The first-order valence-corrected chi connectivity index (χ1v) is 12.8. The highest BCUT2D eigenvalue weighted by Crippen LogP contribution is 2.33. The van der Waals surface area contributed by atoms with Gasteiger partial charge in [-0.25, -0.2) is 9.80 Å². The predicted molar refractivity (Wildman–Crippen MR) is 150 cm³/mol. The lowest BCUT2D eigenvalue weighted by molar-refractivity contribution is 0.0910. The number of carbonyl (C=O) groups excluding carboxylic acids is 5. The Hall–Kier alpha value is -5.17. The smallest absolute Gasteiger partial charge is 0.266 e. The molecule has 6 rings (SSSR count). The normalized spacial score (nSPS) is 14.2. The summed E-state index contributed by atoms with van der Waals surface area (Å²) in [4.78, 5) is 68.4. The molecule has 0 aromatic heterocycles. The zero-order chi connectivity index (χ0) is 28.5. The van der Waals surface area contributed by atoms with Crippen molar-refractivity contribution in [3.63, 3.8) is 0 Å². The third-order valence-corrected chi connectivity index (χ3v) is 7.79. The average molecular weight is 529 g/mol. The molecule has 0 N–H and O–H groups in total. The molecule has 0 spiro atoms. The van der Waals surface area contributed by atoms with E-state index in [-0.39, 0.29) is 33.4 Å². The van der Waals surface area contributed by atoms with Gasteiger partial charge in [0, 0.05) is 11.1 Å². The van der Waals surface area contributed by atoms with Gasteiger partial charge in [-0.3, -0.25) is 24.0 Å². The van der Waals surface area contributed by atoms with Crippen LogP contribution in [0.5, 0.6) is 0 Å². The molecule has 4 aromatic carbocycles. The highest BCUT2D eigenvalue weighted by Gasteiger charge is 2.39. The van der Waals surface area contributed by atoms with E-state index in [0.717, 1.165) is 32.1 Å². The maximum atomic E-state index is 13.5. The van der Waals surface area contributed by atoms with Gasteiger partial charge in [-0.05, 0) is 98.5 Å². The van der Waals surface area contributed by atoms with Gasteiger partial charge >= 0.3 is 0 Å². The molecule has 0 unspecified atom stereocenters. The first-order valence-electron chi connectivity index (χ1n) is 12.8.